The molecule has 4 nitrogen and oxygen atoms in total. The number of nitrogens with one attached hydrogen (secondary N) is 1. The van der Waals surface area contributed by atoms with Crippen molar-refractivity contribution < 1.29 is 9.21 Å². The van der Waals surface area contributed by atoms with Gasteiger partial charge in [-0.3, -0.25) is 4.79 Å². The van der Waals surface area contributed by atoms with E-state index in [9.17, 15) is 4.79 Å². The zero-order valence-corrected chi connectivity index (χ0v) is 11.5. The lowest BCUT2D eigenvalue weighted by Crippen LogP contribution is -2.24. The van der Waals surface area contributed by atoms with E-state index in [1.807, 2.05) is 38.1 Å². The van der Waals surface area contributed by atoms with Crippen molar-refractivity contribution in [2.75, 3.05) is 6.54 Å². The maximum absolute atomic E-state index is 11.9. The third-order valence-corrected chi connectivity index (χ3v) is 2.92. The molecule has 1 aromatic carbocycles. The van der Waals surface area contributed by atoms with Crippen LogP contribution in [0.25, 0.3) is 11.5 Å². The molecule has 0 atom stereocenters. The van der Waals surface area contributed by atoms with Crippen molar-refractivity contribution in [3.63, 3.8) is 0 Å². The molecule has 2 rings (SSSR count). The second-order valence-corrected chi connectivity index (χ2v) is 4.49. The molecule has 0 spiro atoms. The highest BCUT2D eigenvalue weighted by atomic mass is 16.4. The van der Waals surface area contributed by atoms with Gasteiger partial charge >= 0.3 is 0 Å². The molecule has 0 bridgehead atoms. The zero-order chi connectivity index (χ0) is 13.8. The van der Waals surface area contributed by atoms with Gasteiger partial charge < -0.3 is 9.73 Å². The number of oxazole rings is 1. The summed E-state index contributed by atoms with van der Waals surface area (Å²) in [5.74, 6) is 0.868. The predicted octanol–water partition coefficient (Wildman–Crippen LogP) is 3.10. The normalized spacial score (nSPS) is 10.5. The number of carbonyl (C=O) groups excluding carboxylic acids is 1. The quantitative estimate of drug-likeness (QED) is 0.916. The fourth-order valence-corrected chi connectivity index (χ4v) is 1.86. The van der Waals surface area contributed by atoms with E-state index in [-0.39, 0.29) is 5.91 Å². The first-order valence-corrected chi connectivity index (χ1v) is 6.45. The maximum atomic E-state index is 11.9. The van der Waals surface area contributed by atoms with E-state index in [1.165, 1.54) is 0 Å². The Labute approximate surface area is 112 Å². The van der Waals surface area contributed by atoms with Crippen LogP contribution in [0.4, 0.5) is 0 Å². The van der Waals surface area contributed by atoms with Gasteiger partial charge in [-0.2, -0.15) is 0 Å². The molecule has 19 heavy (non-hydrogen) atoms. The topological polar surface area (TPSA) is 55.1 Å². The number of amides is 1. The molecule has 0 saturated heterocycles. The molecule has 1 N–H and O–H groups in total. The van der Waals surface area contributed by atoms with Crippen LogP contribution in [0.15, 0.2) is 28.7 Å². The summed E-state index contributed by atoms with van der Waals surface area (Å²) < 4.78 is 5.61. The van der Waals surface area contributed by atoms with Crippen molar-refractivity contribution in [2.24, 2.45) is 0 Å². The van der Waals surface area contributed by atoms with Gasteiger partial charge in [0.2, 0.25) is 5.89 Å². The third kappa shape index (κ3) is 2.84. The van der Waals surface area contributed by atoms with Gasteiger partial charge in [-0.1, -0.05) is 25.1 Å². The molecular formula is C15H18N2O2. The van der Waals surface area contributed by atoms with E-state index in [1.54, 1.807) is 6.92 Å². The summed E-state index contributed by atoms with van der Waals surface area (Å²) >= 11 is 0. The number of nitrogens with zero attached hydrogens (tertiary/aromatic N) is 1. The predicted molar refractivity (Wildman–Crippen MR) is 74.0 cm³/mol. The number of aryl methyl sites for hydroxylation is 2. The Balaban J connectivity index is 2.31. The monoisotopic (exact) mass is 258 g/mol. The fraction of sp³-hybridized carbons (Fsp3) is 0.333. The SMILES string of the molecule is CCCNC(=O)c1nc(-c2ccccc2C)oc1C. The number of rotatable bonds is 4. The van der Waals surface area contributed by atoms with Crippen LogP contribution in [0.2, 0.25) is 0 Å². The highest BCUT2D eigenvalue weighted by molar-refractivity contribution is 5.93. The Morgan fingerprint density at radius 2 is 2.05 bits per heavy atom. The molecule has 1 aromatic heterocycles. The molecule has 0 aliphatic carbocycles. The number of hydrogen-bond donors (Lipinski definition) is 1. The first-order valence-electron chi connectivity index (χ1n) is 6.45. The molecule has 0 radical (unpaired) electrons. The summed E-state index contributed by atoms with van der Waals surface area (Å²) in [5, 5.41) is 2.81. The highest BCUT2D eigenvalue weighted by Gasteiger charge is 2.18. The molecule has 1 heterocycles. The summed E-state index contributed by atoms with van der Waals surface area (Å²) in [4.78, 5) is 16.2. The molecule has 2 aromatic rings. The minimum absolute atomic E-state index is 0.178. The molecule has 1 amide bonds. The Bertz CT molecular complexity index is 588. The van der Waals surface area contributed by atoms with Crippen molar-refractivity contribution in [2.45, 2.75) is 27.2 Å². The summed E-state index contributed by atoms with van der Waals surface area (Å²) in [5.41, 5.74) is 2.36. The summed E-state index contributed by atoms with van der Waals surface area (Å²) in [7, 11) is 0. The van der Waals surface area contributed by atoms with E-state index in [0.29, 0.717) is 23.9 Å². The fourth-order valence-electron chi connectivity index (χ4n) is 1.86. The summed E-state index contributed by atoms with van der Waals surface area (Å²) in [6.07, 6.45) is 0.896. The third-order valence-electron chi connectivity index (χ3n) is 2.92. The molecule has 0 unspecified atom stereocenters. The van der Waals surface area contributed by atoms with Crippen LogP contribution in [0.5, 0.6) is 0 Å². The second kappa shape index (κ2) is 5.69. The number of aromatic nitrogens is 1. The van der Waals surface area contributed by atoms with Crippen LogP contribution < -0.4 is 5.32 Å². The van der Waals surface area contributed by atoms with Gasteiger partial charge in [0, 0.05) is 12.1 Å². The van der Waals surface area contributed by atoms with Gasteiger partial charge in [0.25, 0.3) is 5.91 Å². The molecule has 0 aliphatic rings. The minimum atomic E-state index is -0.178. The van der Waals surface area contributed by atoms with E-state index in [4.69, 9.17) is 4.42 Å². The summed E-state index contributed by atoms with van der Waals surface area (Å²) in [6, 6.07) is 7.82. The van der Waals surface area contributed by atoms with Crippen molar-refractivity contribution in [3.05, 3.63) is 41.3 Å². The summed E-state index contributed by atoms with van der Waals surface area (Å²) in [6.45, 7) is 6.40. The van der Waals surface area contributed by atoms with Gasteiger partial charge in [0.05, 0.1) is 0 Å². The van der Waals surface area contributed by atoms with E-state index >= 15 is 0 Å². The molecule has 4 heteroatoms. The Kier molecular flexibility index (Phi) is 4.00. The molecule has 0 saturated carbocycles. The smallest absolute Gasteiger partial charge is 0.273 e. The lowest BCUT2D eigenvalue weighted by Gasteiger charge is -2.00. The van der Waals surface area contributed by atoms with E-state index in [0.717, 1.165) is 17.5 Å². The lowest BCUT2D eigenvalue weighted by molar-refractivity contribution is 0.0948. The van der Waals surface area contributed by atoms with Gasteiger partial charge in [-0.05, 0) is 31.9 Å². The van der Waals surface area contributed by atoms with Crippen LogP contribution in [0.1, 0.15) is 35.2 Å². The first kappa shape index (κ1) is 13.3. The van der Waals surface area contributed by atoms with Crippen LogP contribution in [-0.2, 0) is 0 Å². The van der Waals surface area contributed by atoms with Crippen LogP contribution in [0, 0.1) is 13.8 Å². The minimum Gasteiger partial charge on any atom is -0.441 e. The van der Waals surface area contributed by atoms with Gasteiger partial charge in [-0.15, -0.1) is 0 Å². The van der Waals surface area contributed by atoms with Crippen molar-refractivity contribution in [1.82, 2.24) is 10.3 Å². The second-order valence-electron chi connectivity index (χ2n) is 4.49. The van der Waals surface area contributed by atoms with Crippen molar-refractivity contribution >= 4 is 5.91 Å². The zero-order valence-electron chi connectivity index (χ0n) is 11.5. The van der Waals surface area contributed by atoms with E-state index in [2.05, 4.69) is 10.3 Å². The van der Waals surface area contributed by atoms with Crippen LogP contribution in [-0.4, -0.2) is 17.4 Å². The number of benzene rings is 1. The van der Waals surface area contributed by atoms with Gasteiger partial charge in [0.15, 0.2) is 5.69 Å². The highest BCUT2D eigenvalue weighted by Crippen LogP contribution is 2.24. The van der Waals surface area contributed by atoms with Gasteiger partial charge in [0.1, 0.15) is 5.76 Å². The van der Waals surface area contributed by atoms with Crippen molar-refractivity contribution in [1.29, 1.82) is 0 Å². The average Bonchev–Trinajstić information content (AvgIpc) is 2.78. The van der Waals surface area contributed by atoms with Crippen LogP contribution in [0.3, 0.4) is 0 Å². The number of carbonyl (C=O) groups is 1. The van der Waals surface area contributed by atoms with E-state index < -0.39 is 0 Å². The average molecular weight is 258 g/mol. The maximum Gasteiger partial charge on any atom is 0.273 e. The first-order chi connectivity index (χ1) is 9.13. The molecular weight excluding hydrogens is 240 g/mol. The molecule has 100 valence electrons. The largest absolute Gasteiger partial charge is 0.441 e. The van der Waals surface area contributed by atoms with Gasteiger partial charge in [-0.25, -0.2) is 4.98 Å². The Morgan fingerprint density at radius 1 is 1.32 bits per heavy atom. The Morgan fingerprint density at radius 3 is 2.74 bits per heavy atom. The van der Waals surface area contributed by atoms with Crippen molar-refractivity contribution in [3.8, 4) is 11.5 Å². The van der Waals surface area contributed by atoms with Crippen LogP contribution >= 0.6 is 0 Å². The standard InChI is InChI=1S/C15H18N2O2/c1-4-9-16-14(18)13-11(3)19-15(17-13)12-8-6-5-7-10(12)2/h5-8H,4,9H2,1-3H3,(H,16,18). The Hall–Kier alpha value is -2.10. The number of hydrogen-bond acceptors (Lipinski definition) is 3. The molecule has 0 aliphatic heterocycles. The molecule has 0 fully saturated rings. The lowest BCUT2D eigenvalue weighted by atomic mass is 10.1.